The Bertz CT molecular complexity index is 2030. The minimum absolute atomic E-state index is 0.374. The van der Waals surface area contributed by atoms with Gasteiger partial charge in [0.1, 0.15) is 0 Å². The summed E-state index contributed by atoms with van der Waals surface area (Å²) < 4.78 is 0. The van der Waals surface area contributed by atoms with E-state index in [9.17, 15) is 38.4 Å². The zero-order valence-corrected chi connectivity index (χ0v) is 28.1. The van der Waals surface area contributed by atoms with E-state index in [-0.39, 0.29) is 0 Å². The van der Waals surface area contributed by atoms with Crippen LogP contribution in [0, 0.1) is 0 Å². The molecular formula is C42H26N4O8. The third-order valence-corrected chi connectivity index (χ3v) is 9.61. The van der Waals surface area contributed by atoms with Gasteiger partial charge in [0.15, 0.2) is 0 Å². The zero-order valence-electron chi connectivity index (χ0n) is 28.1. The Morgan fingerprint density at radius 1 is 0.241 bits per heavy atom. The van der Waals surface area contributed by atoms with E-state index in [2.05, 4.69) is 0 Å². The molecule has 0 N–H and O–H groups in total. The highest BCUT2D eigenvalue weighted by Gasteiger charge is 2.33. The van der Waals surface area contributed by atoms with Crippen LogP contribution in [0.3, 0.4) is 0 Å². The molecule has 0 unspecified atom stereocenters. The summed E-state index contributed by atoms with van der Waals surface area (Å²) in [5, 5.41) is 0. The van der Waals surface area contributed by atoms with Gasteiger partial charge in [0.05, 0.1) is 22.7 Å². The van der Waals surface area contributed by atoms with Crippen LogP contribution in [0.5, 0.6) is 0 Å². The molecule has 0 radical (unpaired) electrons. The Balaban J connectivity index is 1.26. The molecule has 12 nitrogen and oxygen atoms in total. The van der Waals surface area contributed by atoms with Crippen molar-refractivity contribution in [2.45, 2.75) is 11.8 Å². The van der Waals surface area contributed by atoms with Gasteiger partial charge in [-0.25, -0.2) is 19.6 Å². The Kier molecular flexibility index (Phi) is 8.19. The fourth-order valence-corrected chi connectivity index (χ4v) is 7.10. The molecule has 4 aromatic carbocycles. The first-order valence-corrected chi connectivity index (χ1v) is 16.7. The number of benzene rings is 4. The van der Waals surface area contributed by atoms with Crippen molar-refractivity contribution in [2.75, 3.05) is 19.6 Å². The van der Waals surface area contributed by atoms with Gasteiger partial charge in [0.25, 0.3) is 47.3 Å². The molecule has 0 bridgehead atoms. The zero-order chi connectivity index (χ0) is 37.7. The van der Waals surface area contributed by atoms with Crippen molar-refractivity contribution in [2.24, 2.45) is 0 Å². The highest BCUT2D eigenvalue weighted by Crippen LogP contribution is 2.45. The summed E-state index contributed by atoms with van der Waals surface area (Å²) in [6.07, 6.45) is 9.62. The van der Waals surface area contributed by atoms with Crippen LogP contribution < -0.4 is 19.6 Å². The fraction of sp³-hybridized carbons (Fsp3) is 0.0476. The number of nitrogens with zero attached hydrogens (tertiary/aromatic N) is 4. The van der Waals surface area contributed by atoms with Crippen LogP contribution in [0.4, 0.5) is 22.7 Å². The largest absolute Gasteiger partial charge is 0.269 e. The average molecular weight is 715 g/mol. The van der Waals surface area contributed by atoms with Crippen LogP contribution >= 0.6 is 0 Å². The molecule has 4 aliphatic rings. The smallest absolute Gasteiger partial charge is 0.258 e. The molecule has 54 heavy (non-hydrogen) atoms. The first-order valence-electron chi connectivity index (χ1n) is 16.7. The average Bonchev–Trinajstić information content (AvgIpc) is 3.92. The van der Waals surface area contributed by atoms with Crippen LogP contribution in [-0.4, -0.2) is 47.3 Å². The van der Waals surface area contributed by atoms with Gasteiger partial charge in [-0.15, -0.1) is 0 Å². The molecule has 4 aromatic rings. The maximum absolute atomic E-state index is 12.5. The van der Waals surface area contributed by atoms with Gasteiger partial charge in [-0.05, 0) is 70.8 Å². The SMILES string of the molecule is O=C1C=CC(=O)N1c1ccc(C(c2ccc(N3C(=O)C=CC3=O)cc2)C(c2ccc(N3C(=O)C=CC3=O)cc2)c2ccc(N3C(=O)C=CC3=O)cc2)cc1. The summed E-state index contributed by atoms with van der Waals surface area (Å²) in [6, 6.07) is 27.8. The Morgan fingerprint density at radius 2 is 0.389 bits per heavy atom. The fourth-order valence-electron chi connectivity index (χ4n) is 7.10. The van der Waals surface area contributed by atoms with Crippen molar-refractivity contribution in [3.05, 3.63) is 168 Å². The third kappa shape index (κ3) is 5.77. The van der Waals surface area contributed by atoms with Gasteiger partial charge in [-0.2, -0.15) is 0 Å². The topological polar surface area (TPSA) is 150 Å². The minimum atomic E-state index is -0.510. The minimum Gasteiger partial charge on any atom is -0.269 e. The third-order valence-electron chi connectivity index (χ3n) is 9.61. The molecular weight excluding hydrogens is 688 g/mol. The molecule has 0 fully saturated rings. The number of imide groups is 4. The van der Waals surface area contributed by atoms with Crippen molar-refractivity contribution < 1.29 is 38.4 Å². The van der Waals surface area contributed by atoms with E-state index < -0.39 is 59.1 Å². The first kappa shape index (κ1) is 33.5. The number of hydrogen-bond donors (Lipinski definition) is 0. The normalized spacial score (nSPS) is 16.7. The molecule has 4 heterocycles. The van der Waals surface area contributed by atoms with Gasteiger partial charge in [0, 0.05) is 60.4 Å². The second-order valence-corrected chi connectivity index (χ2v) is 12.7. The van der Waals surface area contributed by atoms with Crippen molar-refractivity contribution in [3.63, 3.8) is 0 Å². The number of carbonyl (C=O) groups excluding carboxylic acids is 8. The Morgan fingerprint density at radius 3 is 0.537 bits per heavy atom. The van der Waals surface area contributed by atoms with Crippen molar-refractivity contribution in [1.82, 2.24) is 0 Å². The van der Waals surface area contributed by atoms with Crippen LogP contribution in [0.25, 0.3) is 0 Å². The monoisotopic (exact) mass is 714 g/mol. The summed E-state index contributed by atoms with van der Waals surface area (Å²) in [4.78, 5) is 104. The Labute approximate surface area is 307 Å². The van der Waals surface area contributed by atoms with Crippen LogP contribution in [-0.2, 0) is 38.4 Å². The van der Waals surface area contributed by atoms with Crippen molar-refractivity contribution in [1.29, 1.82) is 0 Å². The first-order chi connectivity index (χ1) is 26.1. The maximum Gasteiger partial charge on any atom is 0.258 e. The van der Waals surface area contributed by atoms with E-state index in [4.69, 9.17) is 0 Å². The lowest BCUT2D eigenvalue weighted by Crippen LogP contribution is -2.30. The molecule has 12 heteroatoms. The predicted octanol–water partition coefficient (Wildman–Crippen LogP) is 4.37. The molecule has 0 saturated heterocycles. The van der Waals surface area contributed by atoms with Crippen LogP contribution in [0.2, 0.25) is 0 Å². The van der Waals surface area contributed by atoms with Crippen molar-refractivity contribution in [3.8, 4) is 0 Å². The second kappa shape index (κ2) is 13.2. The lowest BCUT2D eigenvalue weighted by Gasteiger charge is -2.31. The number of amides is 8. The van der Waals surface area contributed by atoms with Gasteiger partial charge in [-0.1, -0.05) is 48.5 Å². The Hall–Kier alpha value is -7.60. The number of hydrogen-bond acceptors (Lipinski definition) is 8. The summed E-state index contributed by atoms with van der Waals surface area (Å²) in [5.74, 6) is -4.73. The molecule has 0 aromatic heterocycles. The van der Waals surface area contributed by atoms with Crippen LogP contribution in [0.15, 0.2) is 146 Å². The summed E-state index contributed by atoms with van der Waals surface area (Å²) in [6.45, 7) is 0. The van der Waals surface area contributed by atoms with Gasteiger partial charge in [0.2, 0.25) is 0 Å². The molecule has 0 spiro atoms. The number of anilines is 4. The molecule has 262 valence electrons. The van der Waals surface area contributed by atoms with Crippen LogP contribution in [0.1, 0.15) is 34.1 Å². The molecule has 0 saturated carbocycles. The molecule has 4 aliphatic heterocycles. The highest BCUT2D eigenvalue weighted by atomic mass is 16.2. The van der Waals surface area contributed by atoms with Gasteiger partial charge in [-0.3, -0.25) is 38.4 Å². The lowest BCUT2D eigenvalue weighted by atomic mass is 9.73. The van der Waals surface area contributed by atoms with E-state index in [1.807, 2.05) is 0 Å². The van der Waals surface area contributed by atoms with Gasteiger partial charge >= 0.3 is 0 Å². The van der Waals surface area contributed by atoms with E-state index in [1.54, 1.807) is 97.1 Å². The number of carbonyl (C=O) groups is 8. The maximum atomic E-state index is 12.5. The van der Waals surface area contributed by atoms with E-state index in [0.717, 1.165) is 41.9 Å². The quantitative estimate of drug-likeness (QED) is 0.232. The van der Waals surface area contributed by atoms with E-state index in [1.165, 1.54) is 48.6 Å². The molecule has 8 amide bonds. The number of rotatable bonds is 9. The molecule has 8 rings (SSSR count). The van der Waals surface area contributed by atoms with Gasteiger partial charge < -0.3 is 0 Å². The molecule has 0 aliphatic carbocycles. The summed E-state index contributed by atoms with van der Waals surface area (Å²) in [5.41, 5.74) is 4.53. The standard InChI is InChI=1S/C42H26N4O8/c47-33-17-18-34(48)43(33)29-9-1-25(2-10-29)41(26-3-11-30(12-4-26)44-35(49)19-20-36(44)50)42(27-5-13-31(14-6-27)45-37(51)21-22-38(45)52)28-7-15-32(16-8-28)46-39(53)23-24-40(46)54/h1-24,41-42H. The van der Waals surface area contributed by atoms with E-state index >= 15 is 0 Å². The van der Waals surface area contributed by atoms with E-state index in [0.29, 0.717) is 22.7 Å². The second-order valence-electron chi connectivity index (χ2n) is 12.7. The van der Waals surface area contributed by atoms with Crippen molar-refractivity contribution >= 4 is 70.0 Å². The summed E-state index contributed by atoms with van der Waals surface area (Å²) >= 11 is 0. The summed E-state index contributed by atoms with van der Waals surface area (Å²) in [7, 11) is 0. The molecule has 0 atom stereocenters. The lowest BCUT2D eigenvalue weighted by molar-refractivity contribution is -0.121. The highest BCUT2D eigenvalue weighted by molar-refractivity contribution is 6.30. The predicted molar refractivity (Wildman–Crippen MR) is 196 cm³/mol.